The predicted octanol–water partition coefficient (Wildman–Crippen LogP) is 3.51. The van der Waals surface area contributed by atoms with Crippen molar-refractivity contribution < 1.29 is 9.90 Å². The summed E-state index contributed by atoms with van der Waals surface area (Å²) in [6, 6.07) is 0.569. The molecule has 0 aromatic carbocycles. The number of hydrogen-bond acceptors (Lipinski definition) is 4. The fourth-order valence-electron chi connectivity index (χ4n) is 2.65. The van der Waals surface area contributed by atoms with Crippen LogP contribution in [0.2, 0.25) is 0 Å². The van der Waals surface area contributed by atoms with Crippen molar-refractivity contribution in [2.75, 3.05) is 6.54 Å². The summed E-state index contributed by atoms with van der Waals surface area (Å²) in [4.78, 5) is 18.8. The Labute approximate surface area is 124 Å². The Hall–Kier alpha value is -0.940. The van der Waals surface area contributed by atoms with Crippen molar-refractivity contribution in [3.05, 3.63) is 15.6 Å². The lowest BCUT2D eigenvalue weighted by atomic mass is 9.91. The highest BCUT2D eigenvalue weighted by molar-refractivity contribution is 7.13. The van der Waals surface area contributed by atoms with Gasteiger partial charge < -0.3 is 5.11 Å². The summed E-state index contributed by atoms with van der Waals surface area (Å²) in [6.07, 6.45) is 3.75. The molecule has 1 unspecified atom stereocenters. The van der Waals surface area contributed by atoms with Crippen LogP contribution in [0.1, 0.15) is 67.3 Å². The number of carboxylic acid groups (broad SMARTS) is 1. The summed E-state index contributed by atoms with van der Waals surface area (Å²) in [5.41, 5.74) is 0.491. The number of carbonyl (C=O) groups is 1. The van der Waals surface area contributed by atoms with Gasteiger partial charge in [-0.1, -0.05) is 27.2 Å². The van der Waals surface area contributed by atoms with Crippen LogP contribution in [-0.2, 0) is 12.0 Å². The number of aromatic nitrogens is 1. The predicted molar refractivity (Wildman–Crippen MR) is 81.5 cm³/mol. The molecule has 0 amide bonds. The van der Waals surface area contributed by atoms with Crippen molar-refractivity contribution in [2.24, 2.45) is 0 Å². The zero-order valence-electron chi connectivity index (χ0n) is 12.8. The second kappa shape index (κ2) is 5.82. The van der Waals surface area contributed by atoms with Crippen molar-refractivity contribution >= 4 is 17.3 Å². The number of aromatic carboxylic acids is 1. The smallest absolute Gasteiger partial charge is 0.347 e. The van der Waals surface area contributed by atoms with Gasteiger partial charge in [-0.2, -0.15) is 0 Å². The summed E-state index contributed by atoms with van der Waals surface area (Å²) in [5.74, 6) is -0.856. The van der Waals surface area contributed by atoms with Crippen LogP contribution in [0.4, 0.5) is 0 Å². The third-order valence-electron chi connectivity index (χ3n) is 3.86. The van der Waals surface area contributed by atoms with Gasteiger partial charge in [0.15, 0.2) is 0 Å². The molecule has 1 atom stereocenters. The van der Waals surface area contributed by atoms with Gasteiger partial charge in [-0.05, 0) is 26.3 Å². The molecule has 0 spiro atoms. The Kier molecular flexibility index (Phi) is 4.49. The van der Waals surface area contributed by atoms with Gasteiger partial charge in [0.2, 0.25) is 0 Å². The van der Waals surface area contributed by atoms with Gasteiger partial charge in [0, 0.05) is 11.5 Å². The fourth-order valence-corrected chi connectivity index (χ4v) is 3.79. The first kappa shape index (κ1) is 15.4. The van der Waals surface area contributed by atoms with Crippen LogP contribution in [0.15, 0.2) is 0 Å². The maximum Gasteiger partial charge on any atom is 0.347 e. The molecule has 0 radical (unpaired) electrons. The van der Waals surface area contributed by atoms with Gasteiger partial charge in [0.25, 0.3) is 0 Å². The second-order valence-electron chi connectivity index (χ2n) is 6.66. The molecule has 5 heteroatoms. The van der Waals surface area contributed by atoms with Gasteiger partial charge in [-0.3, -0.25) is 4.90 Å². The molecule has 20 heavy (non-hydrogen) atoms. The van der Waals surface area contributed by atoms with Crippen LogP contribution in [0.3, 0.4) is 0 Å². The minimum absolute atomic E-state index is 0.226. The van der Waals surface area contributed by atoms with Crippen molar-refractivity contribution in [3.8, 4) is 0 Å². The van der Waals surface area contributed by atoms with E-state index in [1.807, 2.05) is 20.8 Å². The van der Waals surface area contributed by atoms with Crippen LogP contribution >= 0.6 is 11.3 Å². The topological polar surface area (TPSA) is 53.4 Å². The Balaban J connectivity index is 2.22. The molecular formula is C15H24N2O2S. The number of piperidine rings is 1. The first-order valence-corrected chi connectivity index (χ1v) is 8.08. The maximum absolute atomic E-state index is 11.4. The van der Waals surface area contributed by atoms with Crippen LogP contribution in [0.25, 0.3) is 0 Å². The van der Waals surface area contributed by atoms with E-state index in [4.69, 9.17) is 0 Å². The molecule has 1 aliphatic rings. The molecule has 1 fully saturated rings. The van der Waals surface area contributed by atoms with Crippen molar-refractivity contribution in [3.63, 3.8) is 0 Å². The molecule has 1 aromatic rings. The molecule has 0 bridgehead atoms. The van der Waals surface area contributed by atoms with E-state index in [-0.39, 0.29) is 5.41 Å². The Morgan fingerprint density at radius 2 is 2.15 bits per heavy atom. The van der Waals surface area contributed by atoms with Crippen molar-refractivity contribution in [2.45, 2.75) is 65.0 Å². The Morgan fingerprint density at radius 1 is 1.45 bits per heavy atom. The molecule has 0 aliphatic carbocycles. The van der Waals surface area contributed by atoms with E-state index in [1.54, 1.807) is 0 Å². The van der Waals surface area contributed by atoms with Gasteiger partial charge in [0.1, 0.15) is 9.88 Å². The number of thiazole rings is 1. The molecular weight excluding hydrogens is 272 g/mol. The molecule has 1 aromatic heterocycles. The standard InChI is InChI=1S/C15H24N2O2S/c1-10-7-5-6-8-17(10)9-11-16-13(15(2,3)4)12(20-11)14(18)19/h10H,5-9H2,1-4H3,(H,18,19). The van der Waals surface area contributed by atoms with Crippen LogP contribution < -0.4 is 0 Å². The normalized spacial score (nSPS) is 21.1. The van der Waals surface area contributed by atoms with Crippen LogP contribution in [-0.4, -0.2) is 33.5 Å². The van der Waals surface area contributed by atoms with Crippen LogP contribution in [0, 0.1) is 0 Å². The highest BCUT2D eigenvalue weighted by atomic mass is 32.1. The number of likely N-dealkylation sites (tertiary alicyclic amines) is 1. The first-order valence-electron chi connectivity index (χ1n) is 7.26. The Bertz CT molecular complexity index is 491. The van der Waals surface area contributed by atoms with Gasteiger partial charge >= 0.3 is 5.97 Å². The highest BCUT2D eigenvalue weighted by Gasteiger charge is 2.28. The molecule has 1 N–H and O–H groups in total. The lowest BCUT2D eigenvalue weighted by Gasteiger charge is -2.32. The van der Waals surface area contributed by atoms with E-state index in [0.717, 1.165) is 23.8 Å². The largest absolute Gasteiger partial charge is 0.477 e. The average Bonchev–Trinajstić information content (AvgIpc) is 2.76. The monoisotopic (exact) mass is 296 g/mol. The van der Waals surface area contributed by atoms with E-state index in [1.165, 1.54) is 30.6 Å². The summed E-state index contributed by atoms with van der Waals surface area (Å²) >= 11 is 1.34. The summed E-state index contributed by atoms with van der Waals surface area (Å²) < 4.78 is 0. The second-order valence-corrected chi connectivity index (χ2v) is 7.74. The van der Waals surface area contributed by atoms with E-state index < -0.39 is 5.97 Å². The zero-order valence-corrected chi connectivity index (χ0v) is 13.6. The SMILES string of the molecule is CC1CCCCN1Cc1nc(C(C)(C)C)c(C(=O)O)s1. The number of carboxylic acids is 1. The summed E-state index contributed by atoms with van der Waals surface area (Å²) in [6.45, 7) is 10.2. The summed E-state index contributed by atoms with van der Waals surface area (Å²) in [7, 11) is 0. The molecule has 112 valence electrons. The minimum Gasteiger partial charge on any atom is -0.477 e. The third-order valence-corrected chi connectivity index (χ3v) is 4.88. The van der Waals surface area contributed by atoms with E-state index in [9.17, 15) is 9.90 Å². The molecule has 2 rings (SSSR count). The molecule has 0 saturated carbocycles. The zero-order chi connectivity index (χ0) is 14.9. The third kappa shape index (κ3) is 3.38. The van der Waals surface area contributed by atoms with E-state index in [2.05, 4.69) is 16.8 Å². The highest BCUT2D eigenvalue weighted by Crippen LogP contribution is 2.31. The van der Waals surface area contributed by atoms with Crippen molar-refractivity contribution in [1.29, 1.82) is 0 Å². The van der Waals surface area contributed by atoms with Gasteiger partial charge in [-0.25, -0.2) is 9.78 Å². The quantitative estimate of drug-likeness (QED) is 0.927. The Morgan fingerprint density at radius 3 is 2.65 bits per heavy atom. The molecule has 2 heterocycles. The first-order chi connectivity index (χ1) is 9.29. The maximum atomic E-state index is 11.4. The molecule has 4 nitrogen and oxygen atoms in total. The average molecular weight is 296 g/mol. The van der Waals surface area contributed by atoms with Crippen LogP contribution in [0.5, 0.6) is 0 Å². The van der Waals surface area contributed by atoms with Gasteiger partial charge in [0.05, 0.1) is 12.2 Å². The molecule has 1 saturated heterocycles. The van der Waals surface area contributed by atoms with E-state index >= 15 is 0 Å². The lowest BCUT2D eigenvalue weighted by Crippen LogP contribution is -2.36. The van der Waals surface area contributed by atoms with Gasteiger partial charge in [-0.15, -0.1) is 11.3 Å². The summed E-state index contributed by atoms with van der Waals surface area (Å²) in [5, 5.41) is 10.3. The molecule has 1 aliphatic heterocycles. The van der Waals surface area contributed by atoms with Crippen molar-refractivity contribution in [1.82, 2.24) is 9.88 Å². The van der Waals surface area contributed by atoms with E-state index in [0.29, 0.717) is 10.9 Å². The fraction of sp³-hybridized carbons (Fsp3) is 0.733. The number of rotatable bonds is 3. The lowest BCUT2D eigenvalue weighted by molar-refractivity contribution is 0.0699. The number of nitrogens with zero attached hydrogens (tertiary/aromatic N) is 2. The number of hydrogen-bond donors (Lipinski definition) is 1. The minimum atomic E-state index is -0.856.